The van der Waals surface area contributed by atoms with Crippen molar-refractivity contribution in [3.63, 3.8) is 0 Å². The van der Waals surface area contributed by atoms with Crippen LogP contribution < -0.4 is 5.32 Å². The van der Waals surface area contributed by atoms with Crippen LogP contribution in [0.1, 0.15) is 39.5 Å². The maximum Gasteiger partial charge on any atom is 0.0218 e. The average molecular weight is 256 g/mol. The first kappa shape index (κ1) is 13.7. The van der Waals surface area contributed by atoms with Gasteiger partial charge in [0.05, 0.1) is 0 Å². The average Bonchev–Trinajstić information content (AvgIpc) is 2.65. The Bertz CT molecular complexity index is 232. The molecule has 17 heavy (non-hydrogen) atoms. The van der Waals surface area contributed by atoms with Gasteiger partial charge < -0.3 is 5.32 Å². The standard InChI is InChI=1S/C14H28N2S/c1-11(2)12-10-16(9-5-8-15-12)13-6-4-7-14(13)17-3/h11-15H,4-10H2,1-3H3. The van der Waals surface area contributed by atoms with Gasteiger partial charge in [0.25, 0.3) is 0 Å². The van der Waals surface area contributed by atoms with E-state index in [0.717, 1.165) is 17.2 Å². The predicted molar refractivity (Wildman–Crippen MR) is 77.8 cm³/mol. The van der Waals surface area contributed by atoms with Crippen molar-refractivity contribution in [2.45, 2.75) is 56.9 Å². The van der Waals surface area contributed by atoms with Crippen molar-refractivity contribution in [3.05, 3.63) is 0 Å². The second kappa shape index (κ2) is 6.44. The Morgan fingerprint density at radius 2 is 2.06 bits per heavy atom. The number of nitrogens with one attached hydrogen (secondary N) is 1. The molecule has 1 saturated heterocycles. The summed E-state index contributed by atoms with van der Waals surface area (Å²) in [7, 11) is 0. The van der Waals surface area contributed by atoms with Gasteiger partial charge in [0.15, 0.2) is 0 Å². The van der Waals surface area contributed by atoms with E-state index in [4.69, 9.17) is 0 Å². The van der Waals surface area contributed by atoms with Crippen LogP contribution in [0.25, 0.3) is 0 Å². The maximum absolute atomic E-state index is 3.72. The van der Waals surface area contributed by atoms with Crippen molar-refractivity contribution in [2.75, 3.05) is 25.9 Å². The highest BCUT2D eigenvalue weighted by Gasteiger charge is 2.33. The monoisotopic (exact) mass is 256 g/mol. The van der Waals surface area contributed by atoms with Gasteiger partial charge in [-0.25, -0.2) is 0 Å². The van der Waals surface area contributed by atoms with Gasteiger partial charge in [-0.15, -0.1) is 0 Å². The maximum atomic E-state index is 3.72. The smallest absolute Gasteiger partial charge is 0.0218 e. The Balaban J connectivity index is 1.98. The van der Waals surface area contributed by atoms with Gasteiger partial charge in [-0.1, -0.05) is 20.3 Å². The Hall–Kier alpha value is 0.270. The highest BCUT2D eigenvalue weighted by Crippen LogP contribution is 2.32. The summed E-state index contributed by atoms with van der Waals surface area (Å²) >= 11 is 2.09. The fourth-order valence-corrected chi connectivity index (χ4v) is 4.35. The third-order valence-electron chi connectivity index (χ3n) is 4.45. The minimum absolute atomic E-state index is 0.695. The number of nitrogens with zero attached hydrogens (tertiary/aromatic N) is 1. The van der Waals surface area contributed by atoms with Crippen LogP contribution in [0.3, 0.4) is 0 Å². The van der Waals surface area contributed by atoms with Crippen LogP contribution in [0.4, 0.5) is 0 Å². The van der Waals surface area contributed by atoms with Crippen LogP contribution in [0.5, 0.6) is 0 Å². The third-order valence-corrected chi connectivity index (χ3v) is 5.61. The first-order valence-corrected chi connectivity index (χ1v) is 8.51. The predicted octanol–water partition coefficient (Wildman–Crippen LogP) is 2.59. The Labute approximate surface area is 111 Å². The molecule has 0 amide bonds. The van der Waals surface area contributed by atoms with Crippen molar-refractivity contribution >= 4 is 11.8 Å². The molecular formula is C14H28N2S. The minimum Gasteiger partial charge on any atom is -0.312 e. The molecule has 1 N–H and O–H groups in total. The zero-order valence-corrected chi connectivity index (χ0v) is 12.4. The molecule has 0 aromatic rings. The van der Waals surface area contributed by atoms with Crippen LogP contribution in [-0.4, -0.2) is 48.1 Å². The highest BCUT2D eigenvalue weighted by atomic mass is 32.2. The summed E-state index contributed by atoms with van der Waals surface area (Å²) in [5.41, 5.74) is 0. The molecule has 0 aromatic heterocycles. The lowest BCUT2D eigenvalue weighted by Crippen LogP contribution is -2.46. The van der Waals surface area contributed by atoms with Gasteiger partial charge in [-0.05, 0) is 44.5 Å². The molecule has 1 aliphatic heterocycles. The zero-order valence-electron chi connectivity index (χ0n) is 11.6. The van der Waals surface area contributed by atoms with E-state index in [1.807, 2.05) is 0 Å². The molecule has 3 heteroatoms. The van der Waals surface area contributed by atoms with Gasteiger partial charge in [-0.2, -0.15) is 11.8 Å². The number of hydrogen-bond acceptors (Lipinski definition) is 3. The number of thioether (sulfide) groups is 1. The van der Waals surface area contributed by atoms with E-state index in [0.29, 0.717) is 6.04 Å². The first-order chi connectivity index (χ1) is 8.22. The van der Waals surface area contributed by atoms with Crippen molar-refractivity contribution in [1.82, 2.24) is 10.2 Å². The molecule has 100 valence electrons. The van der Waals surface area contributed by atoms with Crippen molar-refractivity contribution in [1.29, 1.82) is 0 Å². The van der Waals surface area contributed by atoms with Crippen molar-refractivity contribution in [3.8, 4) is 0 Å². The van der Waals surface area contributed by atoms with Crippen molar-refractivity contribution in [2.24, 2.45) is 5.92 Å². The van der Waals surface area contributed by atoms with E-state index in [1.54, 1.807) is 0 Å². The van der Waals surface area contributed by atoms with Crippen molar-refractivity contribution < 1.29 is 0 Å². The molecule has 1 aliphatic carbocycles. The fourth-order valence-electron chi connectivity index (χ4n) is 3.32. The summed E-state index contributed by atoms with van der Waals surface area (Å²) in [4.78, 5) is 2.79. The van der Waals surface area contributed by atoms with E-state index in [2.05, 4.69) is 42.1 Å². The van der Waals surface area contributed by atoms with Crippen LogP contribution in [0, 0.1) is 5.92 Å². The van der Waals surface area contributed by atoms with Crippen LogP contribution in [0.2, 0.25) is 0 Å². The van der Waals surface area contributed by atoms with Gasteiger partial charge in [0.2, 0.25) is 0 Å². The van der Waals surface area contributed by atoms with E-state index in [1.165, 1.54) is 45.3 Å². The van der Waals surface area contributed by atoms with E-state index < -0.39 is 0 Å². The summed E-state index contributed by atoms with van der Waals surface area (Å²) in [6.07, 6.45) is 7.91. The molecule has 0 aromatic carbocycles. The molecule has 3 unspecified atom stereocenters. The topological polar surface area (TPSA) is 15.3 Å². The lowest BCUT2D eigenvalue weighted by Gasteiger charge is -2.34. The second-order valence-corrected chi connectivity index (χ2v) is 7.00. The Morgan fingerprint density at radius 3 is 2.76 bits per heavy atom. The van der Waals surface area contributed by atoms with E-state index in [9.17, 15) is 0 Å². The lowest BCUT2D eigenvalue weighted by molar-refractivity contribution is 0.186. The van der Waals surface area contributed by atoms with Crippen LogP contribution >= 0.6 is 11.8 Å². The molecule has 2 aliphatic rings. The SMILES string of the molecule is CSC1CCCC1N1CCCNC(C(C)C)C1. The van der Waals surface area contributed by atoms with Gasteiger partial charge in [0.1, 0.15) is 0 Å². The lowest BCUT2D eigenvalue weighted by atomic mass is 10.0. The van der Waals surface area contributed by atoms with E-state index >= 15 is 0 Å². The zero-order chi connectivity index (χ0) is 12.3. The normalized spacial score (nSPS) is 36.4. The summed E-state index contributed by atoms with van der Waals surface area (Å²) in [6, 6.07) is 1.55. The summed E-state index contributed by atoms with van der Waals surface area (Å²) in [5.74, 6) is 0.754. The third kappa shape index (κ3) is 3.39. The fraction of sp³-hybridized carbons (Fsp3) is 1.00. The molecule has 3 atom stereocenters. The summed E-state index contributed by atoms with van der Waals surface area (Å²) < 4.78 is 0. The summed E-state index contributed by atoms with van der Waals surface area (Å²) in [5, 5.41) is 4.61. The first-order valence-electron chi connectivity index (χ1n) is 7.22. The Morgan fingerprint density at radius 1 is 1.24 bits per heavy atom. The van der Waals surface area contributed by atoms with Crippen LogP contribution in [-0.2, 0) is 0 Å². The molecular weight excluding hydrogens is 228 g/mol. The van der Waals surface area contributed by atoms with Crippen LogP contribution in [0.15, 0.2) is 0 Å². The molecule has 1 saturated carbocycles. The minimum atomic E-state index is 0.695. The highest BCUT2D eigenvalue weighted by molar-refractivity contribution is 7.99. The largest absolute Gasteiger partial charge is 0.312 e. The molecule has 0 bridgehead atoms. The van der Waals surface area contributed by atoms with Gasteiger partial charge in [-0.3, -0.25) is 4.90 Å². The quantitative estimate of drug-likeness (QED) is 0.835. The number of rotatable bonds is 3. The molecule has 0 spiro atoms. The van der Waals surface area contributed by atoms with Gasteiger partial charge >= 0.3 is 0 Å². The molecule has 2 fully saturated rings. The number of hydrogen-bond donors (Lipinski definition) is 1. The second-order valence-electron chi connectivity index (χ2n) is 5.93. The molecule has 0 radical (unpaired) electrons. The molecule has 2 rings (SSSR count). The van der Waals surface area contributed by atoms with E-state index in [-0.39, 0.29) is 0 Å². The Kier molecular flexibility index (Phi) is 5.19. The molecule has 2 nitrogen and oxygen atoms in total. The summed E-state index contributed by atoms with van der Waals surface area (Å²) in [6.45, 7) is 8.47. The van der Waals surface area contributed by atoms with Gasteiger partial charge in [0, 0.05) is 23.9 Å². The molecule has 1 heterocycles.